The maximum atomic E-state index is 8.85. The van der Waals surface area contributed by atoms with Crippen molar-refractivity contribution in [2.24, 2.45) is 0 Å². The average Bonchev–Trinajstić information content (AvgIpc) is 2.07. The summed E-state index contributed by atoms with van der Waals surface area (Å²) in [6.45, 7) is 1.90. The molecule has 0 amide bonds. The lowest BCUT2D eigenvalue weighted by Crippen LogP contribution is -2.20. The van der Waals surface area contributed by atoms with Gasteiger partial charge < -0.3 is 0 Å². The maximum absolute atomic E-state index is 8.85. The summed E-state index contributed by atoms with van der Waals surface area (Å²) in [5.74, 6) is 0. The van der Waals surface area contributed by atoms with Crippen LogP contribution in [-0.4, -0.2) is 15.6 Å². The molecule has 0 fully saturated rings. The fourth-order valence-corrected chi connectivity index (χ4v) is 1.21. The molecular formula is C9H13NO2. The van der Waals surface area contributed by atoms with Gasteiger partial charge in [-0.25, -0.2) is 0 Å². The lowest BCUT2D eigenvalue weighted by molar-refractivity contribution is -0.334. The molecular weight excluding hydrogens is 154 g/mol. The number of rotatable bonds is 3. The monoisotopic (exact) mass is 167 g/mol. The van der Waals surface area contributed by atoms with E-state index < -0.39 is 0 Å². The van der Waals surface area contributed by atoms with Crippen molar-refractivity contribution in [2.45, 2.75) is 19.4 Å². The summed E-state index contributed by atoms with van der Waals surface area (Å²) in [5.41, 5.74) is 0.907. The first kappa shape index (κ1) is 9.19. The minimum atomic E-state index is -0.328. The van der Waals surface area contributed by atoms with Gasteiger partial charge in [0.25, 0.3) is 0 Å². The third-order valence-electron chi connectivity index (χ3n) is 1.85. The van der Waals surface area contributed by atoms with Crippen LogP contribution in [0.25, 0.3) is 0 Å². The fraction of sp³-hybridized carbons (Fsp3) is 0.333. The molecule has 0 aromatic heterocycles. The van der Waals surface area contributed by atoms with E-state index in [-0.39, 0.29) is 11.3 Å². The second-order valence-corrected chi connectivity index (χ2v) is 2.66. The third-order valence-corrected chi connectivity index (χ3v) is 1.85. The van der Waals surface area contributed by atoms with Gasteiger partial charge in [0, 0.05) is 0 Å². The molecule has 3 nitrogen and oxygen atoms in total. The minimum Gasteiger partial charge on any atom is -0.289 e. The first-order valence-corrected chi connectivity index (χ1v) is 3.97. The van der Waals surface area contributed by atoms with Crippen LogP contribution in [0.5, 0.6) is 0 Å². The van der Waals surface area contributed by atoms with Crippen molar-refractivity contribution in [1.29, 1.82) is 0 Å². The van der Waals surface area contributed by atoms with Crippen molar-refractivity contribution in [3.63, 3.8) is 0 Å². The Hall–Kier alpha value is -0.900. The highest BCUT2D eigenvalue weighted by Crippen LogP contribution is 2.20. The van der Waals surface area contributed by atoms with Gasteiger partial charge in [-0.3, -0.25) is 10.4 Å². The highest BCUT2D eigenvalue weighted by molar-refractivity contribution is 5.17. The maximum Gasteiger partial charge on any atom is 0.0870 e. The second kappa shape index (κ2) is 4.21. The Labute approximate surface area is 71.8 Å². The normalized spacial score (nSPS) is 13.3. The van der Waals surface area contributed by atoms with Crippen molar-refractivity contribution in [3.8, 4) is 0 Å². The van der Waals surface area contributed by atoms with Crippen LogP contribution in [-0.2, 0) is 0 Å². The van der Waals surface area contributed by atoms with Gasteiger partial charge in [-0.15, -0.1) is 0 Å². The molecule has 12 heavy (non-hydrogen) atoms. The number of hydrogen-bond acceptors (Lipinski definition) is 3. The number of nitrogens with zero attached hydrogens (tertiary/aromatic N) is 1. The van der Waals surface area contributed by atoms with Crippen LogP contribution in [0, 0.1) is 0 Å². The smallest absolute Gasteiger partial charge is 0.0870 e. The van der Waals surface area contributed by atoms with Crippen molar-refractivity contribution in [3.05, 3.63) is 35.9 Å². The van der Waals surface area contributed by atoms with Gasteiger partial charge in [0.15, 0.2) is 0 Å². The first-order chi connectivity index (χ1) is 5.75. The van der Waals surface area contributed by atoms with Crippen molar-refractivity contribution < 1.29 is 10.4 Å². The van der Waals surface area contributed by atoms with Crippen molar-refractivity contribution in [2.75, 3.05) is 0 Å². The first-order valence-electron chi connectivity index (χ1n) is 3.97. The van der Waals surface area contributed by atoms with Crippen LogP contribution in [0.1, 0.15) is 24.9 Å². The molecule has 0 spiro atoms. The van der Waals surface area contributed by atoms with Gasteiger partial charge in [-0.05, 0) is 12.0 Å². The topological polar surface area (TPSA) is 43.7 Å². The summed E-state index contributed by atoms with van der Waals surface area (Å²) in [6, 6.07) is 9.06. The van der Waals surface area contributed by atoms with E-state index in [4.69, 9.17) is 10.4 Å². The Morgan fingerprint density at radius 2 is 1.83 bits per heavy atom. The molecule has 1 unspecified atom stereocenters. The van der Waals surface area contributed by atoms with E-state index in [1.165, 1.54) is 0 Å². The Bertz CT molecular complexity index is 223. The van der Waals surface area contributed by atoms with E-state index in [2.05, 4.69) is 0 Å². The molecule has 1 aromatic rings. The molecule has 2 N–H and O–H groups in total. The van der Waals surface area contributed by atoms with Crippen LogP contribution < -0.4 is 0 Å². The van der Waals surface area contributed by atoms with Crippen LogP contribution in [0.3, 0.4) is 0 Å². The molecule has 0 saturated carbocycles. The van der Waals surface area contributed by atoms with Crippen LogP contribution in [0.15, 0.2) is 30.3 Å². The zero-order valence-corrected chi connectivity index (χ0v) is 7.01. The summed E-state index contributed by atoms with van der Waals surface area (Å²) >= 11 is 0. The molecule has 0 heterocycles. The van der Waals surface area contributed by atoms with Crippen LogP contribution in [0.4, 0.5) is 0 Å². The molecule has 1 atom stereocenters. The molecule has 0 aliphatic carbocycles. The van der Waals surface area contributed by atoms with Gasteiger partial charge in [-0.1, -0.05) is 42.5 Å². The fourth-order valence-electron chi connectivity index (χ4n) is 1.21. The third kappa shape index (κ3) is 2.04. The van der Waals surface area contributed by atoms with Crippen LogP contribution >= 0.6 is 0 Å². The van der Waals surface area contributed by atoms with E-state index in [0.29, 0.717) is 6.42 Å². The largest absolute Gasteiger partial charge is 0.289 e. The van der Waals surface area contributed by atoms with E-state index in [9.17, 15) is 0 Å². The van der Waals surface area contributed by atoms with E-state index >= 15 is 0 Å². The Balaban J connectivity index is 2.80. The summed E-state index contributed by atoms with van der Waals surface area (Å²) in [7, 11) is 0. The molecule has 1 rings (SSSR count). The van der Waals surface area contributed by atoms with E-state index in [0.717, 1.165) is 5.56 Å². The standard InChI is InChI=1S/C9H13NO2/c1-2-9(10(11)12)8-6-4-3-5-7-8/h3-7,9,11-12H,2H2,1H3. The summed E-state index contributed by atoms with van der Waals surface area (Å²) in [5, 5.41) is 18.0. The van der Waals surface area contributed by atoms with Gasteiger partial charge in [0.2, 0.25) is 0 Å². The quantitative estimate of drug-likeness (QED) is 0.678. The zero-order valence-electron chi connectivity index (χ0n) is 7.01. The van der Waals surface area contributed by atoms with Gasteiger partial charge in [-0.2, -0.15) is 0 Å². The predicted octanol–water partition coefficient (Wildman–Crippen LogP) is 2.22. The molecule has 0 bridgehead atoms. The Morgan fingerprint density at radius 1 is 1.25 bits per heavy atom. The van der Waals surface area contributed by atoms with Crippen molar-refractivity contribution >= 4 is 0 Å². The number of benzene rings is 1. The zero-order chi connectivity index (χ0) is 8.97. The summed E-state index contributed by atoms with van der Waals surface area (Å²) in [6.07, 6.45) is 0.664. The molecule has 1 aromatic carbocycles. The molecule has 66 valence electrons. The van der Waals surface area contributed by atoms with Crippen LogP contribution in [0.2, 0.25) is 0 Å². The average molecular weight is 167 g/mol. The second-order valence-electron chi connectivity index (χ2n) is 2.66. The molecule has 0 aliphatic heterocycles. The molecule has 0 saturated heterocycles. The highest BCUT2D eigenvalue weighted by Gasteiger charge is 2.13. The van der Waals surface area contributed by atoms with Gasteiger partial charge in [0.1, 0.15) is 0 Å². The molecule has 3 heteroatoms. The number of hydrogen-bond donors (Lipinski definition) is 2. The molecule has 0 aliphatic rings. The summed E-state index contributed by atoms with van der Waals surface area (Å²) in [4.78, 5) is 0. The Kier molecular flexibility index (Phi) is 3.22. The lowest BCUT2D eigenvalue weighted by Gasteiger charge is -2.18. The van der Waals surface area contributed by atoms with E-state index in [1.54, 1.807) is 0 Å². The minimum absolute atomic E-state index is 0.259. The van der Waals surface area contributed by atoms with Gasteiger partial charge >= 0.3 is 0 Å². The van der Waals surface area contributed by atoms with Crippen molar-refractivity contribution in [1.82, 2.24) is 5.23 Å². The van der Waals surface area contributed by atoms with Gasteiger partial charge in [0.05, 0.1) is 6.04 Å². The van der Waals surface area contributed by atoms with E-state index in [1.807, 2.05) is 37.3 Å². The highest BCUT2D eigenvalue weighted by atomic mass is 16.8. The SMILES string of the molecule is CCC(c1ccccc1)N(O)O. The lowest BCUT2D eigenvalue weighted by atomic mass is 10.1. The molecule has 0 radical (unpaired) electrons. The number of hydroxylamine groups is 2. The predicted molar refractivity (Wildman–Crippen MR) is 44.9 cm³/mol. The summed E-state index contributed by atoms with van der Waals surface area (Å²) < 4.78 is 0. The Morgan fingerprint density at radius 3 is 2.25 bits per heavy atom.